The normalized spacial score (nSPS) is 15.0. The van der Waals surface area contributed by atoms with E-state index in [1.54, 1.807) is 24.5 Å². The zero-order valence-electron chi connectivity index (χ0n) is 12.6. The third-order valence-electron chi connectivity index (χ3n) is 3.68. The lowest BCUT2D eigenvalue weighted by Crippen LogP contribution is -2.25. The average molecular weight is 353 g/mol. The van der Waals surface area contributed by atoms with Crippen molar-refractivity contribution in [3.8, 4) is 0 Å². The number of rotatable bonds is 4. The van der Waals surface area contributed by atoms with Crippen molar-refractivity contribution in [1.82, 2.24) is 15.5 Å². The van der Waals surface area contributed by atoms with Crippen LogP contribution >= 0.6 is 11.6 Å². The minimum absolute atomic E-state index is 0.267. The first-order valence-corrected chi connectivity index (χ1v) is 9.31. The van der Waals surface area contributed by atoms with E-state index in [-0.39, 0.29) is 5.91 Å². The lowest BCUT2D eigenvalue weighted by atomic mass is 10.1. The van der Waals surface area contributed by atoms with Crippen LogP contribution in [0.4, 0.5) is 5.69 Å². The topological polar surface area (TPSA) is 86.9 Å². The Morgan fingerprint density at radius 1 is 1.48 bits per heavy atom. The van der Waals surface area contributed by atoms with Crippen LogP contribution in [0.25, 0.3) is 0 Å². The number of amides is 1. The molecule has 23 heavy (non-hydrogen) atoms. The molecule has 0 aliphatic carbocycles. The van der Waals surface area contributed by atoms with Gasteiger partial charge in [-0.1, -0.05) is 11.6 Å². The largest absolute Gasteiger partial charge is 0.321 e. The summed E-state index contributed by atoms with van der Waals surface area (Å²) in [7, 11) is -1.00. The molecular weight excluding hydrogens is 336 g/mol. The molecule has 0 saturated carbocycles. The molecule has 0 saturated heterocycles. The Bertz CT molecular complexity index is 775. The second kappa shape index (κ2) is 6.82. The fourth-order valence-corrected chi connectivity index (χ4v) is 3.53. The van der Waals surface area contributed by atoms with Gasteiger partial charge >= 0.3 is 0 Å². The molecular formula is C15H17ClN4O2S. The number of hydrogen-bond acceptors (Lipinski definition) is 4. The molecule has 2 aromatic rings. The molecule has 0 bridgehead atoms. The summed E-state index contributed by atoms with van der Waals surface area (Å²) in [5.41, 5.74) is 3.68. The minimum Gasteiger partial charge on any atom is -0.321 e. The summed E-state index contributed by atoms with van der Waals surface area (Å²) in [6, 6.07) is 5.17. The van der Waals surface area contributed by atoms with E-state index in [1.807, 2.05) is 0 Å². The number of aromatic amines is 1. The fraction of sp³-hybridized carbons (Fsp3) is 0.333. The van der Waals surface area contributed by atoms with E-state index in [9.17, 15) is 9.00 Å². The number of anilines is 1. The predicted octanol–water partition coefficient (Wildman–Crippen LogP) is 1.84. The van der Waals surface area contributed by atoms with Gasteiger partial charge in [-0.25, -0.2) is 0 Å². The molecule has 1 aromatic carbocycles. The second-order valence-electron chi connectivity index (χ2n) is 5.43. The van der Waals surface area contributed by atoms with Crippen LogP contribution in [0.2, 0.25) is 5.02 Å². The number of benzene rings is 1. The zero-order chi connectivity index (χ0) is 16.4. The third kappa shape index (κ3) is 3.63. The number of fused-ring (bicyclic) bond motifs is 1. The molecule has 2 heterocycles. The highest BCUT2D eigenvalue weighted by atomic mass is 35.5. The molecule has 0 fully saturated rings. The van der Waals surface area contributed by atoms with Crippen molar-refractivity contribution in [1.29, 1.82) is 0 Å². The number of carbonyl (C=O) groups excluding carboxylic acids is 1. The Kier molecular flexibility index (Phi) is 4.79. The van der Waals surface area contributed by atoms with Gasteiger partial charge in [-0.05, 0) is 23.8 Å². The summed E-state index contributed by atoms with van der Waals surface area (Å²) in [6.07, 6.45) is 2.45. The lowest BCUT2D eigenvalue weighted by Gasteiger charge is -2.13. The highest BCUT2D eigenvalue weighted by Crippen LogP contribution is 2.23. The van der Waals surface area contributed by atoms with E-state index >= 15 is 0 Å². The Hall–Kier alpha value is -1.70. The van der Waals surface area contributed by atoms with Gasteiger partial charge in [0.2, 0.25) is 0 Å². The molecule has 3 rings (SSSR count). The summed E-state index contributed by atoms with van der Waals surface area (Å²) in [4.78, 5) is 12.5. The molecule has 1 unspecified atom stereocenters. The van der Waals surface area contributed by atoms with E-state index in [1.165, 1.54) is 0 Å². The zero-order valence-corrected chi connectivity index (χ0v) is 14.2. The van der Waals surface area contributed by atoms with Crippen molar-refractivity contribution >= 4 is 34.0 Å². The quantitative estimate of drug-likeness (QED) is 0.783. The lowest BCUT2D eigenvalue weighted by molar-refractivity contribution is 0.102. The summed E-state index contributed by atoms with van der Waals surface area (Å²) >= 11 is 6.10. The van der Waals surface area contributed by atoms with E-state index in [0.717, 1.165) is 29.8 Å². The highest BCUT2D eigenvalue weighted by molar-refractivity contribution is 7.83. The predicted molar refractivity (Wildman–Crippen MR) is 91.2 cm³/mol. The van der Waals surface area contributed by atoms with Crippen LogP contribution in [0.15, 0.2) is 18.2 Å². The Labute approximate surface area is 141 Å². The van der Waals surface area contributed by atoms with Gasteiger partial charge in [-0.2, -0.15) is 5.10 Å². The maximum atomic E-state index is 12.5. The van der Waals surface area contributed by atoms with Crippen LogP contribution in [-0.2, 0) is 29.5 Å². The molecule has 8 heteroatoms. The molecule has 1 aromatic heterocycles. The van der Waals surface area contributed by atoms with Gasteiger partial charge in [0.15, 0.2) is 5.69 Å². The van der Waals surface area contributed by atoms with E-state index in [4.69, 9.17) is 11.6 Å². The van der Waals surface area contributed by atoms with Gasteiger partial charge in [0.1, 0.15) is 0 Å². The standard InChI is InChI=1S/C15H17ClN4O2S/c1-23(22)8-9-6-10(2-3-12(9)16)18-15(21)14-11-7-17-5-4-13(11)19-20-14/h2-3,6,17H,4-5,7-8H2,1H3,(H,18,21)(H,19,20). The average Bonchev–Trinajstić information content (AvgIpc) is 2.94. The summed E-state index contributed by atoms with van der Waals surface area (Å²) in [5.74, 6) is 0.0849. The van der Waals surface area contributed by atoms with Gasteiger partial charge < -0.3 is 10.6 Å². The van der Waals surface area contributed by atoms with E-state index in [0.29, 0.717) is 28.7 Å². The Morgan fingerprint density at radius 2 is 2.30 bits per heavy atom. The summed E-state index contributed by atoms with van der Waals surface area (Å²) in [6.45, 7) is 1.51. The minimum atomic E-state index is -1.00. The van der Waals surface area contributed by atoms with Crippen molar-refractivity contribution in [3.63, 3.8) is 0 Å². The van der Waals surface area contributed by atoms with Gasteiger partial charge in [0.25, 0.3) is 5.91 Å². The third-order valence-corrected chi connectivity index (χ3v) is 4.77. The van der Waals surface area contributed by atoms with Gasteiger partial charge in [0, 0.05) is 64.3 Å². The number of nitrogens with one attached hydrogen (secondary N) is 3. The highest BCUT2D eigenvalue weighted by Gasteiger charge is 2.21. The van der Waals surface area contributed by atoms with Crippen LogP contribution in [0.5, 0.6) is 0 Å². The smallest absolute Gasteiger partial charge is 0.276 e. The molecule has 1 atom stereocenters. The first kappa shape index (κ1) is 16.2. The van der Waals surface area contributed by atoms with Crippen LogP contribution in [-0.4, -0.2) is 33.1 Å². The summed E-state index contributed by atoms with van der Waals surface area (Å²) in [5, 5.41) is 13.7. The monoisotopic (exact) mass is 352 g/mol. The number of H-pyrrole nitrogens is 1. The number of halogens is 1. The molecule has 1 aliphatic heterocycles. The van der Waals surface area contributed by atoms with Crippen LogP contribution in [0.3, 0.4) is 0 Å². The van der Waals surface area contributed by atoms with Crippen LogP contribution in [0, 0.1) is 0 Å². The second-order valence-corrected chi connectivity index (χ2v) is 7.28. The van der Waals surface area contributed by atoms with Gasteiger partial charge in [-0.15, -0.1) is 0 Å². The molecule has 122 valence electrons. The number of nitrogens with zero attached hydrogens (tertiary/aromatic N) is 1. The number of carbonyl (C=O) groups is 1. The van der Waals surface area contributed by atoms with Crippen molar-refractivity contribution in [2.45, 2.75) is 18.7 Å². The van der Waals surface area contributed by atoms with Gasteiger partial charge in [-0.3, -0.25) is 14.1 Å². The molecule has 1 aliphatic rings. The van der Waals surface area contributed by atoms with Crippen molar-refractivity contribution < 1.29 is 9.00 Å². The molecule has 3 N–H and O–H groups in total. The van der Waals surface area contributed by atoms with E-state index in [2.05, 4.69) is 20.8 Å². The molecule has 6 nitrogen and oxygen atoms in total. The molecule has 1 amide bonds. The first-order valence-electron chi connectivity index (χ1n) is 7.21. The Balaban J connectivity index is 1.80. The SMILES string of the molecule is CS(=O)Cc1cc(NC(=O)c2n[nH]c3c2CNCC3)ccc1Cl. The molecule has 0 spiro atoms. The van der Waals surface area contributed by atoms with Crippen LogP contribution in [0.1, 0.15) is 27.3 Å². The number of aromatic nitrogens is 2. The summed E-state index contributed by atoms with van der Waals surface area (Å²) < 4.78 is 11.4. The van der Waals surface area contributed by atoms with Crippen LogP contribution < -0.4 is 10.6 Å². The number of hydrogen-bond donors (Lipinski definition) is 3. The van der Waals surface area contributed by atoms with Crippen molar-refractivity contribution in [3.05, 3.63) is 45.7 Å². The van der Waals surface area contributed by atoms with Gasteiger partial charge in [0.05, 0.1) is 0 Å². The van der Waals surface area contributed by atoms with Crippen molar-refractivity contribution in [2.24, 2.45) is 0 Å². The van der Waals surface area contributed by atoms with E-state index < -0.39 is 10.8 Å². The fourth-order valence-electron chi connectivity index (χ4n) is 2.59. The maximum Gasteiger partial charge on any atom is 0.276 e. The maximum absolute atomic E-state index is 12.5. The first-order chi connectivity index (χ1) is 11.0. The van der Waals surface area contributed by atoms with Crippen molar-refractivity contribution in [2.75, 3.05) is 18.1 Å². The molecule has 0 radical (unpaired) electrons. The Morgan fingerprint density at radius 3 is 3.09 bits per heavy atom.